The lowest BCUT2D eigenvalue weighted by atomic mass is 10.2. The van der Waals surface area contributed by atoms with Crippen molar-refractivity contribution in [3.8, 4) is 11.7 Å². The van der Waals surface area contributed by atoms with Crippen LogP contribution in [-0.2, 0) is 6.18 Å². The van der Waals surface area contributed by atoms with Crippen molar-refractivity contribution in [3.63, 3.8) is 0 Å². The number of ether oxygens (including phenoxy) is 1. The Hall–Kier alpha value is -2.42. The van der Waals surface area contributed by atoms with E-state index < -0.39 is 23.4 Å². The maximum absolute atomic E-state index is 12.9. The summed E-state index contributed by atoms with van der Waals surface area (Å²) in [6.45, 7) is 3.50. The lowest BCUT2D eigenvalue weighted by Gasteiger charge is -2.14. The van der Waals surface area contributed by atoms with Gasteiger partial charge in [0.15, 0.2) is 5.69 Å². The van der Waals surface area contributed by atoms with Crippen LogP contribution in [0.25, 0.3) is 15.8 Å². The minimum Gasteiger partial charge on any atom is -0.465 e. The Kier molecular flexibility index (Phi) is 4.04. The van der Waals surface area contributed by atoms with Gasteiger partial charge in [0.2, 0.25) is 0 Å². The number of rotatable bonds is 3. The highest BCUT2D eigenvalue weighted by atomic mass is 32.1. The summed E-state index contributed by atoms with van der Waals surface area (Å²) in [5.74, 6) is 0. The van der Waals surface area contributed by atoms with Crippen molar-refractivity contribution in [2.24, 2.45) is 0 Å². The van der Waals surface area contributed by atoms with E-state index in [4.69, 9.17) is 4.74 Å². The third-order valence-corrected chi connectivity index (χ3v) is 4.26. The van der Waals surface area contributed by atoms with E-state index in [2.05, 4.69) is 9.36 Å². The SMILES string of the molecule is CCOc1nc(C(F)(F)F)cc(=O)n1-c1ccc2snc(C)c2c1. The number of halogens is 3. The molecule has 3 aromatic rings. The summed E-state index contributed by atoms with van der Waals surface area (Å²) >= 11 is 1.31. The highest BCUT2D eigenvalue weighted by molar-refractivity contribution is 7.13. The molecule has 0 saturated heterocycles. The van der Waals surface area contributed by atoms with E-state index in [-0.39, 0.29) is 6.61 Å². The van der Waals surface area contributed by atoms with Gasteiger partial charge >= 0.3 is 12.2 Å². The van der Waals surface area contributed by atoms with Crippen molar-refractivity contribution in [2.75, 3.05) is 6.61 Å². The minimum absolute atomic E-state index is 0.0784. The lowest BCUT2D eigenvalue weighted by Crippen LogP contribution is -2.25. The monoisotopic (exact) mass is 355 g/mol. The number of fused-ring (bicyclic) bond motifs is 1. The predicted octanol–water partition coefficient (Wildman–Crippen LogP) is 3.57. The first-order valence-corrected chi connectivity index (χ1v) is 7.79. The van der Waals surface area contributed by atoms with Gasteiger partial charge in [-0.05, 0) is 43.6 Å². The van der Waals surface area contributed by atoms with Crippen LogP contribution in [0.1, 0.15) is 18.3 Å². The van der Waals surface area contributed by atoms with Gasteiger partial charge in [-0.2, -0.15) is 22.5 Å². The van der Waals surface area contributed by atoms with Gasteiger partial charge < -0.3 is 4.74 Å². The highest BCUT2D eigenvalue weighted by Crippen LogP contribution is 2.29. The molecule has 3 rings (SSSR count). The number of alkyl halides is 3. The van der Waals surface area contributed by atoms with Crippen molar-refractivity contribution in [2.45, 2.75) is 20.0 Å². The first-order chi connectivity index (χ1) is 11.3. The molecule has 0 radical (unpaired) electrons. The molecule has 0 aliphatic carbocycles. The number of hydrogen-bond donors (Lipinski definition) is 0. The maximum Gasteiger partial charge on any atom is 0.433 e. The first-order valence-electron chi connectivity index (χ1n) is 7.01. The van der Waals surface area contributed by atoms with Gasteiger partial charge in [-0.1, -0.05) is 0 Å². The Morgan fingerprint density at radius 2 is 2.04 bits per heavy atom. The predicted molar refractivity (Wildman–Crippen MR) is 83.9 cm³/mol. The number of aromatic nitrogens is 3. The zero-order valence-corrected chi connectivity index (χ0v) is 13.5. The summed E-state index contributed by atoms with van der Waals surface area (Å²) < 4.78 is 49.9. The van der Waals surface area contributed by atoms with Gasteiger partial charge in [0.1, 0.15) is 0 Å². The molecule has 0 saturated carbocycles. The second-order valence-corrected chi connectivity index (χ2v) is 5.78. The van der Waals surface area contributed by atoms with Crippen molar-refractivity contribution < 1.29 is 17.9 Å². The van der Waals surface area contributed by atoms with E-state index >= 15 is 0 Å². The van der Waals surface area contributed by atoms with Crippen LogP contribution in [0.5, 0.6) is 6.01 Å². The molecule has 24 heavy (non-hydrogen) atoms. The number of hydrogen-bond acceptors (Lipinski definition) is 5. The van der Waals surface area contributed by atoms with Crippen LogP contribution in [0, 0.1) is 6.92 Å². The molecule has 0 fully saturated rings. The van der Waals surface area contributed by atoms with Gasteiger partial charge in [-0.3, -0.25) is 4.79 Å². The number of benzene rings is 1. The van der Waals surface area contributed by atoms with Crippen molar-refractivity contribution in [1.29, 1.82) is 0 Å². The van der Waals surface area contributed by atoms with Crippen LogP contribution >= 0.6 is 11.5 Å². The molecule has 0 spiro atoms. The maximum atomic E-state index is 12.9. The Bertz CT molecular complexity index is 963. The van der Waals surface area contributed by atoms with Crippen LogP contribution in [0.2, 0.25) is 0 Å². The lowest BCUT2D eigenvalue weighted by molar-refractivity contribution is -0.141. The Morgan fingerprint density at radius 3 is 2.71 bits per heavy atom. The molecule has 0 aliphatic rings. The molecule has 0 aliphatic heterocycles. The molecule has 0 atom stereocenters. The molecular formula is C15H12F3N3O2S. The summed E-state index contributed by atoms with van der Waals surface area (Å²) in [6.07, 6.45) is -4.72. The molecule has 1 aromatic carbocycles. The van der Waals surface area contributed by atoms with E-state index in [0.717, 1.165) is 20.3 Å². The van der Waals surface area contributed by atoms with Crippen molar-refractivity contribution in [3.05, 3.63) is 46.0 Å². The summed E-state index contributed by atoms with van der Waals surface area (Å²) in [5, 5.41) is 0.826. The van der Waals surface area contributed by atoms with E-state index in [9.17, 15) is 18.0 Å². The molecule has 0 unspecified atom stereocenters. The van der Waals surface area contributed by atoms with Crippen LogP contribution in [0.3, 0.4) is 0 Å². The fourth-order valence-corrected chi connectivity index (χ4v) is 3.02. The Labute approximate surface area is 138 Å². The smallest absolute Gasteiger partial charge is 0.433 e. The average Bonchev–Trinajstić information content (AvgIpc) is 2.87. The van der Waals surface area contributed by atoms with Gasteiger partial charge in [-0.25, -0.2) is 4.57 Å². The fourth-order valence-electron chi connectivity index (χ4n) is 2.26. The second-order valence-electron chi connectivity index (χ2n) is 4.98. The zero-order valence-electron chi connectivity index (χ0n) is 12.7. The molecule has 9 heteroatoms. The van der Waals surface area contributed by atoms with E-state index in [0.29, 0.717) is 11.8 Å². The van der Waals surface area contributed by atoms with Crippen LogP contribution in [0.15, 0.2) is 29.1 Å². The van der Waals surface area contributed by atoms with Crippen LogP contribution in [0.4, 0.5) is 13.2 Å². The zero-order chi connectivity index (χ0) is 17.5. The Morgan fingerprint density at radius 1 is 1.29 bits per heavy atom. The average molecular weight is 355 g/mol. The summed E-state index contributed by atoms with van der Waals surface area (Å²) in [4.78, 5) is 15.7. The third kappa shape index (κ3) is 2.86. The minimum atomic E-state index is -4.72. The van der Waals surface area contributed by atoms with Crippen LogP contribution in [-0.4, -0.2) is 20.5 Å². The second kappa shape index (κ2) is 5.90. The van der Waals surface area contributed by atoms with E-state index in [1.165, 1.54) is 11.5 Å². The van der Waals surface area contributed by atoms with Crippen molar-refractivity contribution >= 4 is 21.6 Å². The summed E-state index contributed by atoms with van der Waals surface area (Å²) in [5.41, 5.74) is -0.981. The molecule has 2 heterocycles. The van der Waals surface area contributed by atoms with E-state index in [1.54, 1.807) is 25.1 Å². The van der Waals surface area contributed by atoms with Gasteiger partial charge in [0.25, 0.3) is 5.56 Å². The van der Waals surface area contributed by atoms with Gasteiger partial charge in [-0.15, -0.1) is 0 Å². The standard InChI is InChI=1S/C15H12F3N3O2S/c1-3-23-14-19-12(15(16,17)18)7-13(22)21(14)9-4-5-11-10(6-9)8(2)20-24-11/h4-7H,3H2,1-2H3. The van der Waals surface area contributed by atoms with E-state index in [1.807, 2.05) is 6.92 Å². The van der Waals surface area contributed by atoms with Gasteiger partial charge in [0, 0.05) is 11.5 Å². The highest BCUT2D eigenvalue weighted by Gasteiger charge is 2.34. The fraction of sp³-hybridized carbons (Fsp3) is 0.267. The molecule has 126 valence electrons. The van der Waals surface area contributed by atoms with Crippen molar-refractivity contribution in [1.82, 2.24) is 13.9 Å². The molecular weight excluding hydrogens is 343 g/mol. The van der Waals surface area contributed by atoms with Gasteiger partial charge in [0.05, 0.1) is 22.7 Å². The largest absolute Gasteiger partial charge is 0.465 e. The molecule has 2 aromatic heterocycles. The quantitative estimate of drug-likeness (QED) is 0.721. The molecule has 0 bridgehead atoms. The third-order valence-electron chi connectivity index (χ3n) is 3.34. The number of nitrogens with zero attached hydrogens (tertiary/aromatic N) is 3. The topological polar surface area (TPSA) is 57.0 Å². The summed E-state index contributed by atoms with van der Waals surface area (Å²) in [6, 6.07) is 5.14. The molecule has 0 amide bonds. The Balaban J connectivity index is 2.24. The normalized spacial score (nSPS) is 11.9. The molecule has 0 N–H and O–H groups in total. The van der Waals surface area contributed by atoms with Crippen LogP contribution < -0.4 is 10.3 Å². The molecule has 5 nitrogen and oxygen atoms in total. The number of aryl methyl sites for hydroxylation is 1. The first kappa shape index (κ1) is 16.4. The summed E-state index contributed by atoms with van der Waals surface area (Å²) in [7, 11) is 0.